The van der Waals surface area contributed by atoms with Crippen LogP contribution in [0.5, 0.6) is 0 Å². The van der Waals surface area contributed by atoms with Gasteiger partial charge in [-0.1, -0.05) is 63.9 Å². The molecule has 7 heteroatoms. The fourth-order valence-electron chi connectivity index (χ4n) is 2.87. The fourth-order valence-corrected chi connectivity index (χ4v) is 3.36. The molecule has 148 valence electrons. The summed E-state index contributed by atoms with van der Waals surface area (Å²) >= 11 is 9.88. The van der Waals surface area contributed by atoms with Gasteiger partial charge in [-0.15, -0.1) is 5.73 Å². The molecule has 1 aliphatic rings. The average Bonchev–Trinajstić information content (AvgIpc) is 3.28. The smallest absolute Gasteiger partial charge is 0.266 e. The Bertz CT molecular complexity index is 1240. The van der Waals surface area contributed by atoms with Gasteiger partial charge in [-0.25, -0.2) is 0 Å². The van der Waals surface area contributed by atoms with E-state index in [1.165, 1.54) is 4.68 Å². The molecule has 0 spiro atoms. The maximum Gasteiger partial charge on any atom is 0.292 e. The van der Waals surface area contributed by atoms with Gasteiger partial charge in [0, 0.05) is 10.0 Å². The molecule has 0 amide bonds. The molecule has 0 fully saturated rings. The standard InChI is InChI=1S/C23H16BrClN4O/c24-19-10-12-20(13-11-19)29-23(30)22(25)21(15-27-29)28(16-18-8-2-1-3-9-18)26-14-17-6-4-5-7-17/h1-6,8-15H,16H2/b26-14+. The Labute approximate surface area is 187 Å². The third-order valence-electron chi connectivity index (χ3n) is 4.38. The number of aromatic nitrogens is 2. The molecule has 1 aromatic heterocycles. The summed E-state index contributed by atoms with van der Waals surface area (Å²) in [5.74, 6) is 0. The van der Waals surface area contributed by atoms with Crippen molar-refractivity contribution in [3.8, 4) is 5.69 Å². The summed E-state index contributed by atoms with van der Waals surface area (Å²) in [6, 6.07) is 17.1. The van der Waals surface area contributed by atoms with Crippen LogP contribution in [0.2, 0.25) is 5.02 Å². The first kappa shape index (κ1) is 20.1. The molecule has 0 saturated carbocycles. The van der Waals surface area contributed by atoms with Gasteiger partial charge in [-0.2, -0.15) is 14.9 Å². The quantitative estimate of drug-likeness (QED) is 0.274. The molecule has 0 unspecified atom stereocenters. The van der Waals surface area contributed by atoms with Crippen LogP contribution in [0.4, 0.5) is 5.69 Å². The second-order valence-corrected chi connectivity index (χ2v) is 7.74. The summed E-state index contributed by atoms with van der Waals surface area (Å²) in [5.41, 5.74) is 5.58. The van der Waals surface area contributed by atoms with E-state index in [2.05, 4.69) is 31.9 Å². The molecular weight excluding hydrogens is 464 g/mol. The Balaban J connectivity index is 1.73. The van der Waals surface area contributed by atoms with Gasteiger partial charge in [-0.05, 0) is 42.0 Å². The van der Waals surface area contributed by atoms with Crippen molar-refractivity contribution in [2.24, 2.45) is 5.10 Å². The van der Waals surface area contributed by atoms with Crippen LogP contribution in [0.15, 0.2) is 105 Å². The maximum atomic E-state index is 12.9. The number of benzene rings is 2. The highest BCUT2D eigenvalue weighted by atomic mass is 79.9. The summed E-state index contributed by atoms with van der Waals surface area (Å²) in [6.07, 6.45) is 8.84. The molecule has 5 nitrogen and oxygen atoms in total. The predicted molar refractivity (Wildman–Crippen MR) is 124 cm³/mol. The number of rotatable bonds is 6. The van der Waals surface area contributed by atoms with Gasteiger partial charge < -0.3 is 0 Å². The number of hydrogen-bond donors (Lipinski definition) is 0. The van der Waals surface area contributed by atoms with Crippen LogP contribution in [0.3, 0.4) is 0 Å². The first-order valence-corrected chi connectivity index (χ1v) is 10.3. The third kappa shape index (κ3) is 4.52. The van der Waals surface area contributed by atoms with E-state index in [-0.39, 0.29) is 5.02 Å². The van der Waals surface area contributed by atoms with Gasteiger partial charge in [0.2, 0.25) is 0 Å². The number of nitrogens with zero attached hydrogens (tertiary/aromatic N) is 4. The zero-order valence-corrected chi connectivity index (χ0v) is 18.1. The molecule has 4 rings (SSSR count). The number of anilines is 1. The average molecular weight is 480 g/mol. The normalized spacial score (nSPS) is 12.5. The van der Waals surface area contributed by atoms with Crippen molar-refractivity contribution >= 4 is 39.4 Å². The van der Waals surface area contributed by atoms with E-state index in [0.29, 0.717) is 17.9 Å². The lowest BCUT2D eigenvalue weighted by molar-refractivity contribution is 0.783. The molecule has 30 heavy (non-hydrogen) atoms. The highest BCUT2D eigenvalue weighted by Crippen LogP contribution is 2.24. The Kier molecular flexibility index (Phi) is 6.10. The van der Waals surface area contributed by atoms with E-state index in [0.717, 1.165) is 15.6 Å². The molecule has 2 aromatic carbocycles. The maximum absolute atomic E-state index is 12.9. The van der Waals surface area contributed by atoms with Crippen LogP contribution in [-0.2, 0) is 6.54 Å². The summed E-state index contributed by atoms with van der Waals surface area (Å²) < 4.78 is 2.18. The Morgan fingerprint density at radius 3 is 2.63 bits per heavy atom. The van der Waals surface area contributed by atoms with Crippen molar-refractivity contribution in [1.82, 2.24) is 9.78 Å². The van der Waals surface area contributed by atoms with Gasteiger partial charge >= 0.3 is 0 Å². The topological polar surface area (TPSA) is 50.5 Å². The Morgan fingerprint density at radius 2 is 1.93 bits per heavy atom. The largest absolute Gasteiger partial charge is 0.292 e. The molecule has 0 saturated heterocycles. The zero-order valence-electron chi connectivity index (χ0n) is 15.7. The summed E-state index contributed by atoms with van der Waals surface area (Å²) in [4.78, 5) is 12.9. The predicted octanol–water partition coefficient (Wildman–Crippen LogP) is 5.29. The van der Waals surface area contributed by atoms with Crippen LogP contribution in [0.25, 0.3) is 5.69 Å². The monoisotopic (exact) mass is 478 g/mol. The highest BCUT2D eigenvalue weighted by molar-refractivity contribution is 9.10. The van der Waals surface area contributed by atoms with Crippen LogP contribution < -0.4 is 10.6 Å². The Hall–Kier alpha value is -3.18. The summed E-state index contributed by atoms with van der Waals surface area (Å²) in [5, 5.41) is 10.6. The molecule has 1 heterocycles. The van der Waals surface area contributed by atoms with E-state index in [1.54, 1.807) is 29.6 Å². The lowest BCUT2D eigenvalue weighted by Crippen LogP contribution is -2.26. The fraction of sp³-hybridized carbons (Fsp3) is 0.0435. The number of hydrogen-bond acceptors (Lipinski definition) is 4. The van der Waals surface area contributed by atoms with Crippen molar-refractivity contribution in [2.75, 3.05) is 5.01 Å². The SMILES string of the molecule is O=c1c(Cl)c(N(Cc2ccccc2)/N=C/C2=C=CC=C2)cnn1-c1ccc(Br)cc1. The summed E-state index contributed by atoms with van der Waals surface area (Å²) in [6.45, 7) is 0.432. The van der Waals surface area contributed by atoms with Crippen molar-refractivity contribution in [3.63, 3.8) is 0 Å². The molecule has 0 atom stereocenters. The third-order valence-corrected chi connectivity index (χ3v) is 5.27. The number of halogens is 2. The molecule has 0 N–H and O–H groups in total. The van der Waals surface area contributed by atoms with Gasteiger partial charge in [0.1, 0.15) is 10.7 Å². The second-order valence-electron chi connectivity index (χ2n) is 6.45. The van der Waals surface area contributed by atoms with Crippen LogP contribution in [0, 0.1) is 0 Å². The van der Waals surface area contributed by atoms with E-state index in [9.17, 15) is 4.79 Å². The van der Waals surface area contributed by atoms with Gasteiger partial charge in [0.05, 0.1) is 24.6 Å². The molecule has 0 radical (unpaired) electrons. The lowest BCUT2D eigenvalue weighted by Gasteiger charge is -2.20. The molecule has 1 aliphatic carbocycles. The van der Waals surface area contributed by atoms with E-state index >= 15 is 0 Å². The molecule has 3 aromatic rings. The highest BCUT2D eigenvalue weighted by Gasteiger charge is 2.16. The Morgan fingerprint density at radius 1 is 1.17 bits per heavy atom. The second kappa shape index (κ2) is 9.09. The van der Waals surface area contributed by atoms with E-state index < -0.39 is 5.56 Å². The minimum Gasteiger partial charge on any atom is -0.266 e. The molecular formula is C23H16BrClN4O. The number of hydrazone groups is 1. The molecule has 0 bridgehead atoms. The summed E-state index contributed by atoms with van der Waals surface area (Å²) in [7, 11) is 0. The first-order valence-electron chi connectivity index (χ1n) is 9.14. The van der Waals surface area contributed by atoms with Crippen LogP contribution in [0.1, 0.15) is 5.56 Å². The molecule has 0 aliphatic heterocycles. The van der Waals surface area contributed by atoms with Gasteiger partial charge in [0.15, 0.2) is 0 Å². The van der Waals surface area contributed by atoms with Gasteiger partial charge in [0.25, 0.3) is 5.56 Å². The zero-order chi connectivity index (χ0) is 20.9. The van der Waals surface area contributed by atoms with E-state index in [1.807, 2.05) is 60.7 Å². The van der Waals surface area contributed by atoms with Crippen LogP contribution >= 0.6 is 27.5 Å². The van der Waals surface area contributed by atoms with Crippen molar-refractivity contribution in [2.45, 2.75) is 6.54 Å². The minimum absolute atomic E-state index is 0.0486. The van der Waals surface area contributed by atoms with Crippen LogP contribution in [-0.4, -0.2) is 16.0 Å². The van der Waals surface area contributed by atoms with Crippen molar-refractivity contribution in [3.05, 3.63) is 116 Å². The van der Waals surface area contributed by atoms with Gasteiger partial charge in [-0.3, -0.25) is 9.80 Å². The lowest BCUT2D eigenvalue weighted by atomic mass is 10.2. The van der Waals surface area contributed by atoms with Crippen molar-refractivity contribution < 1.29 is 0 Å². The van der Waals surface area contributed by atoms with E-state index in [4.69, 9.17) is 11.6 Å². The number of allylic oxidation sites excluding steroid dienone is 3. The minimum atomic E-state index is -0.412. The van der Waals surface area contributed by atoms with Crippen molar-refractivity contribution in [1.29, 1.82) is 0 Å². The first-order chi connectivity index (χ1) is 14.6.